The molecule has 9 nitrogen and oxygen atoms in total. The zero-order valence-electron chi connectivity index (χ0n) is 19.6. The summed E-state index contributed by atoms with van der Waals surface area (Å²) in [5.74, 6) is 0.787. The average Bonchev–Trinajstić information content (AvgIpc) is 3.56. The number of nitrogens with zero attached hydrogens (tertiary/aromatic N) is 6. The van der Waals surface area contributed by atoms with E-state index in [4.69, 9.17) is 11.6 Å². The van der Waals surface area contributed by atoms with Crippen LogP contribution in [0.3, 0.4) is 0 Å². The van der Waals surface area contributed by atoms with E-state index in [9.17, 15) is 13.2 Å². The van der Waals surface area contributed by atoms with Gasteiger partial charge in [0.15, 0.2) is 20.8 Å². The van der Waals surface area contributed by atoms with Crippen LogP contribution in [0.2, 0.25) is 5.02 Å². The SMILES string of the molecule is CCN(C(=O)CSc1nnc(Cn2cnc3ccccc32)n1-c1ccccc1Cl)[C@H]1CCS(=O)(=O)C1. The van der Waals surface area contributed by atoms with Crippen LogP contribution in [0.5, 0.6) is 0 Å². The zero-order valence-corrected chi connectivity index (χ0v) is 22.0. The summed E-state index contributed by atoms with van der Waals surface area (Å²) in [6.45, 7) is 2.73. The standard InChI is InChI=1S/C24H25ClN6O3S2/c1-2-30(17-11-12-36(33,34)15-17)23(32)14-35-24-28-27-22(31(24)20-9-5-3-7-18(20)25)13-29-16-26-19-8-4-6-10-21(19)29/h3-10,16-17H,2,11-15H2,1H3/t17-/m0/s1. The molecule has 0 bridgehead atoms. The van der Waals surface area contributed by atoms with Crippen LogP contribution in [0.4, 0.5) is 0 Å². The third kappa shape index (κ3) is 5.00. The quantitative estimate of drug-likeness (QED) is 0.313. The molecule has 12 heteroatoms. The van der Waals surface area contributed by atoms with Crippen molar-refractivity contribution in [1.82, 2.24) is 29.2 Å². The van der Waals surface area contributed by atoms with Gasteiger partial charge in [-0.1, -0.05) is 47.6 Å². The number of para-hydroxylation sites is 3. The lowest BCUT2D eigenvalue weighted by atomic mass is 10.2. The number of carbonyl (C=O) groups excluding carboxylic acids is 1. The monoisotopic (exact) mass is 544 g/mol. The Morgan fingerprint density at radius 1 is 1.17 bits per heavy atom. The summed E-state index contributed by atoms with van der Waals surface area (Å²) in [6.07, 6.45) is 2.24. The molecule has 2 aromatic heterocycles. The van der Waals surface area contributed by atoms with Gasteiger partial charge in [-0.25, -0.2) is 13.4 Å². The minimum atomic E-state index is -3.09. The number of thioether (sulfide) groups is 1. The Hall–Kier alpha value is -2.89. The number of amides is 1. The predicted octanol–water partition coefficient (Wildman–Crippen LogP) is 3.45. The first kappa shape index (κ1) is 24.8. The van der Waals surface area contributed by atoms with Crippen LogP contribution in [-0.2, 0) is 21.2 Å². The lowest BCUT2D eigenvalue weighted by Crippen LogP contribution is -2.42. The topological polar surface area (TPSA) is 103 Å². The summed E-state index contributed by atoms with van der Waals surface area (Å²) in [6, 6.07) is 15.0. The van der Waals surface area contributed by atoms with Gasteiger partial charge in [-0.15, -0.1) is 10.2 Å². The maximum absolute atomic E-state index is 13.1. The van der Waals surface area contributed by atoms with Gasteiger partial charge in [0, 0.05) is 12.6 Å². The van der Waals surface area contributed by atoms with E-state index >= 15 is 0 Å². The molecule has 5 rings (SSSR count). The second kappa shape index (κ2) is 10.2. The normalized spacial score (nSPS) is 17.0. The van der Waals surface area contributed by atoms with Crippen LogP contribution in [0.25, 0.3) is 16.7 Å². The summed E-state index contributed by atoms with van der Waals surface area (Å²) in [5.41, 5.74) is 2.57. The van der Waals surface area contributed by atoms with E-state index in [-0.39, 0.29) is 29.2 Å². The molecule has 0 spiro atoms. The van der Waals surface area contributed by atoms with E-state index in [1.807, 2.05) is 58.5 Å². The van der Waals surface area contributed by atoms with Gasteiger partial charge in [-0.2, -0.15) is 0 Å². The number of hydrogen-bond acceptors (Lipinski definition) is 7. The molecule has 0 radical (unpaired) electrons. The van der Waals surface area contributed by atoms with Crippen molar-refractivity contribution in [2.45, 2.75) is 31.1 Å². The predicted molar refractivity (Wildman–Crippen MR) is 140 cm³/mol. The van der Waals surface area contributed by atoms with Crippen LogP contribution in [-0.4, -0.2) is 73.4 Å². The fraction of sp³-hybridized carbons (Fsp3) is 0.333. The Morgan fingerprint density at radius 3 is 2.69 bits per heavy atom. The molecule has 1 saturated heterocycles. The number of benzene rings is 2. The number of fused-ring (bicyclic) bond motifs is 1. The highest BCUT2D eigenvalue weighted by Gasteiger charge is 2.34. The molecule has 1 aliphatic rings. The van der Waals surface area contributed by atoms with E-state index in [1.54, 1.807) is 17.3 Å². The van der Waals surface area contributed by atoms with Gasteiger partial charge in [0.1, 0.15) is 0 Å². The number of rotatable bonds is 8. The van der Waals surface area contributed by atoms with Crippen LogP contribution in [0.15, 0.2) is 60.0 Å². The molecule has 0 unspecified atom stereocenters. The molecule has 188 valence electrons. The van der Waals surface area contributed by atoms with Crippen LogP contribution < -0.4 is 0 Å². The number of carbonyl (C=O) groups is 1. The van der Waals surface area contributed by atoms with Gasteiger partial charge in [-0.05, 0) is 37.6 Å². The van der Waals surface area contributed by atoms with Gasteiger partial charge in [0.05, 0.1) is 51.9 Å². The van der Waals surface area contributed by atoms with Crippen molar-refractivity contribution in [3.8, 4) is 5.69 Å². The molecular formula is C24H25ClN6O3S2. The second-order valence-electron chi connectivity index (χ2n) is 8.57. The summed E-state index contributed by atoms with van der Waals surface area (Å²) in [5, 5.41) is 9.89. The molecule has 0 N–H and O–H groups in total. The molecule has 2 aromatic carbocycles. The fourth-order valence-electron chi connectivity index (χ4n) is 4.53. The first-order valence-corrected chi connectivity index (χ1v) is 14.8. The van der Waals surface area contributed by atoms with Crippen molar-refractivity contribution in [3.63, 3.8) is 0 Å². The van der Waals surface area contributed by atoms with Gasteiger partial charge in [0.2, 0.25) is 5.91 Å². The van der Waals surface area contributed by atoms with E-state index in [2.05, 4.69) is 15.2 Å². The highest BCUT2D eigenvalue weighted by molar-refractivity contribution is 7.99. The molecule has 1 atom stereocenters. The van der Waals surface area contributed by atoms with Crippen LogP contribution >= 0.6 is 23.4 Å². The Bertz CT molecular complexity index is 1520. The van der Waals surface area contributed by atoms with Crippen molar-refractivity contribution in [3.05, 3.63) is 65.7 Å². The molecule has 3 heterocycles. The first-order valence-electron chi connectivity index (χ1n) is 11.6. The molecule has 1 amide bonds. The molecule has 1 aliphatic heterocycles. The van der Waals surface area contributed by atoms with Crippen molar-refractivity contribution in [1.29, 1.82) is 0 Å². The summed E-state index contributed by atoms with van der Waals surface area (Å²) in [7, 11) is -3.09. The first-order chi connectivity index (χ1) is 17.4. The number of sulfone groups is 1. The fourth-order valence-corrected chi connectivity index (χ4v) is 7.33. The van der Waals surface area contributed by atoms with Gasteiger partial charge >= 0.3 is 0 Å². The van der Waals surface area contributed by atoms with Crippen molar-refractivity contribution >= 4 is 50.1 Å². The smallest absolute Gasteiger partial charge is 0.233 e. The minimum absolute atomic E-state index is 0.0239. The molecule has 36 heavy (non-hydrogen) atoms. The zero-order chi connectivity index (χ0) is 25.3. The third-order valence-corrected chi connectivity index (χ3v) is 9.25. The third-order valence-electron chi connectivity index (χ3n) is 6.27. The van der Waals surface area contributed by atoms with Gasteiger partial charge < -0.3 is 9.47 Å². The van der Waals surface area contributed by atoms with E-state index in [0.29, 0.717) is 41.2 Å². The Labute approximate surface area is 218 Å². The van der Waals surface area contributed by atoms with Crippen LogP contribution in [0, 0.1) is 0 Å². The van der Waals surface area contributed by atoms with Crippen molar-refractivity contribution in [2.75, 3.05) is 23.8 Å². The molecule has 4 aromatic rings. The number of hydrogen-bond donors (Lipinski definition) is 0. The largest absolute Gasteiger partial charge is 0.338 e. The highest BCUT2D eigenvalue weighted by Crippen LogP contribution is 2.29. The Balaban J connectivity index is 1.42. The molecular weight excluding hydrogens is 520 g/mol. The lowest BCUT2D eigenvalue weighted by Gasteiger charge is -2.26. The maximum Gasteiger partial charge on any atom is 0.233 e. The molecule has 1 fully saturated rings. The van der Waals surface area contributed by atoms with Crippen molar-refractivity contribution < 1.29 is 13.2 Å². The highest BCUT2D eigenvalue weighted by atomic mass is 35.5. The average molecular weight is 545 g/mol. The summed E-state index contributed by atoms with van der Waals surface area (Å²) < 4.78 is 27.7. The summed E-state index contributed by atoms with van der Waals surface area (Å²) in [4.78, 5) is 19.2. The van der Waals surface area contributed by atoms with Gasteiger partial charge in [0.25, 0.3) is 0 Å². The number of imidazole rings is 1. The van der Waals surface area contributed by atoms with Gasteiger partial charge in [-0.3, -0.25) is 9.36 Å². The lowest BCUT2D eigenvalue weighted by molar-refractivity contribution is -0.129. The van der Waals surface area contributed by atoms with E-state index in [1.165, 1.54) is 11.8 Å². The Morgan fingerprint density at radius 2 is 1.94 bits per heavy atom. The molecule has 0 aliphatic carbocycles. The summed E-state index contributed by atoms with van der Waals surface area (Å²) >= 11 is 7.81. The van der Waals surface area contributed by atoms with Crippen molar-refractivity contribution in [2.24, 2.45) is 0 Å². The molecule has 0 saturated carbocycles. The van der Waals surface area contributed by atoms with Crippen LogP contribution in [0.1, 0.15) is 19.2 Å². The van der Waals surface area contributed by atoms with E-state index < -0.39 is 9.84 Å². The maximum atomic E-state index is 13.1. The van der Waals surface area contributed by atoms with E-state index in [0.717, 1.165) is 11.0 Å². The minimum Gasteiger partial charge on any atom is -0.338 e. The Kier molecular flexibility index (Phi) is 7.05. The number of halogens is 1. The second-order valence-corrected chi connectivity index (χ2v) is 12.2. The number of aromatic nitrogens is 5.